The van der Waals surface area contributed by atoms with Gasteiger partial charge in [-0.3, -0.25) is 4.79 Å². The van der Waals surface area contributed by atoms with Crippen LogP contribution in [0, 0.1) is 11.3 Å². The molecular weight excluding hydrogens is 302 g/mol. The quantitative estimate of drug-likeness (QED) is 0.776. The van der Waals surface area contributed by atoms with Crippen LogP contribution in [-0.2, 0) is 11.2 Å². The number of carbonyl (C=O) groups is 1. The average molecular weight is 329 g/mol. The van der Waals surface area contributed by atoms with Gasteiger partial charge in [-0.05, 0) is 36.3 Å². The minimum absolute atomic E-state index is 0.171. The molecule has 130 valence electrons. The van der Waals surface area contributed by atoms with Crippen LogP contribution in [0.1, 0.15) is 32.3 Å². The van der Waals surface area contributed by atoms with Crippen LogP contribution in [0.15, 0.2) is 18.2 Å². The maximum absolute atomic E-state index is 12.8. The van der Waals surface area contributed by atoms with Crippen LogP contribution in [0.25, 0.3) is 0 Å². The number of hydrogen-bond donors (Lipinski definition) is 3. The van der Waals surface area contributed by atoms with Crippen LogP contribution in [-0.4, -0.2) is 47.6 Å². The van der Waals surface area contributed by atoms with E-state index < -0.39 is 0 Å². The van der Waals surface area contributed by atoms with Crippen molar-refractivity contribution in [2.24, 2.45) is 11.3 Å². The predicted molar refractivity (Wildman–Crippen MR) is 94.1 cm³/mol. The molecule has 0 aliphatic carbocycles. The number of phenols is 1. The van der Waals surface area contributed by atoms with Crippen molar-refractivity contribution in [3.8, 4) is 5.75 Å². The van der Waals surface area contributed by atoms with Gasteiger partial charge >= 0.3 is 0 Å². The van der Waals surface area contributed by atoms with Crippen molar-refractivity contribution in [3.05, 3.63) is 23.8 Å². The van der Waals surface area contributed by atoms with Crippen LogP contribution in [0.2, 0.25) is 0 Å². The molecule has 1 aromatic rings. The van der Waals surface area contributed by atoms with Crippen molar-refractivity contribution in [1.82, 2.24) is 10.2 Å². The molecule has 1 amide bonds. The molecule has 2 unspecified atom stereocenters. The number of fused-ring (bicyclic) bond motifs is 1. The highest BCUT2D eigenvalue weighted by Gasteiger charge is 2.44. The normalized spacial score (nSPS) is 28.8. The SMILES string of the molecule is CC1(C)CNC1C1CCN(C(=O)C2Cc3c(O)cccc3N2)CC1. The van der Waals surface area contributed by atoms with Gasteiger partial charge in [-0.1, -0.05) is 19.9 Å². The molecule has 3 aliphatic rings. The second kappa shape index (κ2) is 5.66. The number of amides is 1. The largest absolute Gasteiger partial charge is 0.508 e. The summed E-state index contributed by atoms with van der Waals surface area (Å²) in [5.74, 6) is 1.13. The van der Waals surface area contributed by atoms with E-state index in [4.69, 9.17) is 0 Å². The number of hydrogen-bond acceptors (Lipinski definition) is 4. The molecule has 0 saturated carbocycles. The van der Waals surface area contributed by atoms with Crippen LogP contribution in [0.5, 0.6) is 5.75 Å². The lowest BCUT2D eigenvalue weighted by molar-refractivity contribution is -0.133. The van der Waals surface area contributed by atoms with Gasteiger partial charge in [0.1, 0.15) is 11.8 Å². The predicted octanol–water partition coefficient (Wildman–Crippen LogP) is 1.97. The molecule has 0 bridgehead atoms. The summed E-state index contributed by atoms with van der Waals surface area (Å²) in [7, 11) is 0. The van der Waals surface area contributed by atoms with Gasteiger partial charge in [0.15, 0.2) is 0 Å². The Balaban J connectivity index is 1.35. The molecule has 3 heterocycles. The monoisotopic (exact) mass is 329 g/mol. The Hall–Kier alpha value is -1.75. The van der Waals surface area contributed by atoms with Crippen LogP contribution < -0.4 is 10.6 Å². The maximum Gasteiger partial charge on any atom is 0.245 e. The van der Waals surface area contributed by atoms with Crippen molar-refractivity contribution in [3.63, 3.8) is 0 Å². The van der Waals surface area contributed by atoms with Crippen molar-refractivity contribution in [1.29, 1.82) is 0 Å². The molecule has 0 aromatic heterocycles. The number of aromatic hydroxyl groups is 1. The van der Waals surface area contributed by atoms with E-state index in [0.717, 1.165) is 43.7 Å². The zero-order valence-electron chi connectivity index (χ0n) is 14.5. The number of benzene rings is 1. The highest BCUT2D eigenvalue weighted by molar-refractivity contribution is 5.88. The number of piperidine rings is 1. The number of likely N-dealkylation sites (tertiary alicyclic amines) is 1. The molecule has 2 saturated heterocycles. The van der Waals surface area contributed by atoms with Crippen LogP contribution in [0.3, 0.4) is 0 Å². The molecular formula is C19H27N3O2. The molecule has 3 N–H and O–H groups in total. The molecule has 5 nitrogen and oxygen atoms in total. The number of carbonyl (C=O) groups excluding carboxylic acids is 1. The molecule has 3 aliphatic heterocycles. The summed E-state index contributed by atoms with van der Waals surface area (Å²) in [4.78, 5) is 14.8. The third kappa shape index (κ3) is 2.55. The van der Waals surface area contributed by atoms with E-state index >= 15 is 0 Å². The van der Waals surface area contributed by atoms with E-state index in [1.807, 2.05) is 17.0 Å². The van der Waals surface area contributed by atoms with E-state index in [9.17, 15) is 9.90 Å². The zero-order chi connectivity index (χ0) is 16.9. The lowest BCUT2D eigenvalue weighted by Crippen LogP contribution is -2.64. The van der Waals surface area contributed by atoms with Crippen LogP contribution >= 0.6 is 0 Å². The summed E-state index contributed by atoms with van der Waals surface area (Å²) in [6.07, 6.45) is 2.74. The van der Waals surface area contributed by atoms with Gasteiger partial charge in [-0.25, -0.2) is 0 Å². The topological polar surface area (TPSA) is 64.6 Å². The summed E-state index contributed by atoms with van der Waals surface area (Å²) in [5.41, 5.74) is 2.15. The first-order valence-corrected chi connectivity index (χ1v) is 9.05. The van der Waals surface area contributed by atoms with Gasteiger partial charge in [0.2, 0.25) is 5.91 Å². The second-order valence-electron chi connectivity index (χ2n) is 8.21. The number of anilines is 1. The number of rotatable bonds is 2. The molecule has 1 aromatic carbocycles. The van der Waals surface area contributed by atoms with Crippen molar-refractivity contribution in [2.45, 2.75) is 45.2 Å². The Bertz CT molecular complexity index is 650. The van der Waals surface area contributed by atoms with E-state index in [2.05, 4.69) is 24.5 Å². The fourth-order valence-electron chi connectivity index (χ4n) is 4.62. The lowest BCUT2D eigenvalue weighted by atomic mass is 9.68. The molecule has 0 radical (unpaired) electrons. The summed E-state index contributed by atoms with van der Waals surface area (Å²) in [6, 6.07) is 5.79. The van der Waals surface area contributed by atoms with Crippen molar-refractivity contribution in [2.75, 3.05) is 25.0 Å². The Morgan fingerprint density at radius 1 is 1.29 bits per heavy atom. The number of phenolic OH excluding ortho intramolecular Hbond substituents is 1. The first kappa shape index (κ1) is 15.8. The Labute approximate surface area is 143 Å². The average Bonchev–Trinajstić information content (AvgIpc) is 3.00. The summed E-state index contributed by atoms with van der Waals surface area (Å²) in [5, 5.41) is 16.8. The molecule has 2 atom stereocenters. The minimum Gasteiger partial charge on any atom is -0.508 e. The van der Waals surface area contributed by atoms with Gasteiger partial charge in [-0.2, -0.15) is 0 Å². The van der Waals surface area contributed by atoms with E-state index in [1.165, 1.54) is 0 Å². The van der Waals surface area contributed by atoms with Crippen molar-refractivity contribution < 1.29 is 9.90 Å². The third-order valence-electron chi connectivity index (χ3n) is 6.13. The second-order valence-corrected chi connectivity index (χ2v) is 8.21. The minimum atomic E-state index is -0.233. The van der Waals surface area contributed by atoms with Crippen LogP contribution in [0.4, 0.5) is 5.69 Å². The van der Waals surface area contributed by atoms with E-state index in [1.54, 1.807) is 6.07 Å². The molecule has 0 spiro atoms. The van der Waals surface area contributed by atoms with Gasteiger partial charge in [0, 0.05) is 43.3 Å². The fourth-order valence-corrected chi connectivity index (χ4v) is 4.62. The molecule has 24 heavy (non-hydrogen) atoms. The third-order valence-corrected chi connectivity index (χ3v) is 6.13. The Morgan fingerprint density at radius 2 is 2.04 bits per heavy atom. The zero-order valence-corrected chi connectivity index (χ0v) is 14.5. The summed E-state index contributed by atoms with van der Waals surface area (Å²) in [6.45, 7) is 7.46. The first-order chi connectivity index (χ1) is 11.5. The summed E-state index contributed by atoms with van der Waals surface area (Å²) < 4.78 is 0. The highest BCUT2D eigenvalue weighted by atomic mass is 16.3. The maximum atomic E-state index is 12.8. The highest BCUT2D eigenvalue weighted by Crippen LogP contribution is 2.38. The van der Waals surface area contributed by atoms with E-state index in [0.29, 0.717) is 23.8 Å². The van der Waals surface area contributed by atoms with Gasteiger partial charge < -0.3 is 20.6 Å². The van der Waals surface area contributed by atoms with Gasteiger partial charge in [-0.15, -0.1) is 0 Å². The Morgan fingerprint density at radius 3 is 2.62 bits per heavy atom. The number of nitrogens with one attached hydrogen (secondary N) is 2. The molecule has 4 rings (SSSR count). The first-order valence-electron chi connectivity index (χ1n) is 9.05. The number of nitrogens with zero attached hydrogens (tertiary/aromatic N) is 1. The van der Waals surface area contributed by atoms with E-state index in [-0.39, 0.29) is 17.7 Å². The smallest absolute Gasteiger partial charge is 0.245 e. The fraction of sp³-hybridized carbons (Fsp3) is 0.632. The van der Waals surface area contributed by atoms with Gasteiger partial charge in [0.05, 0.1) is 0 Å². The van der Waals surface area contributed by atoms with Gasteiger partial charge in [0.25, 0.3) is 0 Å². The Kier molecular flexibility index (Phi) is 3.71. The van der Waals surface area contributed by atoms with Crippen molar-refractivity contribution >= 4 is 11.6 Å². The molecule has 5 heteroatoms. The molecule has 2 fully saturated rings. The standard InChI is InChI=1S/C19H27N3O2/c1-19(2)11-20-17(19)12-6-8-22(9-7-12)18(24)15-10-13-14(21-15)4-3-5-16(13)23/h3-5,12,15,17,20-21,23H,6-11H2,1-2H3. The summed E-state index contributed by atoms with van der Waals surface area (Å²) >= 11 is 0. The lowest BCUT2D eigenvalue weighted by Gasteiger charge is -2.51.